The molecule has 3 N–H and O–H groups in total. The number of morpholine rings is 1. The van der Waals surface area contributed by atoms with E-state index in [4.69, 9.17) is 14.2 Å². The number of aliphatic hydroxyl groups is 1. The van der Waals surface area contributed by atoms with Gasteiger partial charge in [-0.1, -0.05) is 30.3 Å². The lowest BCUT2D eigenvalue weighted by Gasteiger charge is -2.31. The maximum Gasteiger partial charge on any atom is 0.266 e. The molecule has 2 aromatic heterocycles. The Hall–Kier alpha value is -4.55. The summed E-state index contributed by atoms with van der Waals surface area (Å²) in [7, 11) is 0. The molecule has 0 saturated carbocycles. The number of aromatic nitrogens is 4. The van der Waals surface area contributed by atoms with Gasteiger partial charge < -0.3 is 34.8 Å². The minimum absolute atomic E-state index is 0.0307. The Morgan fingerprint density at radius 2 is 1.86 bits per heavy atom. The number of hydrogen-bond donors (Lipinski definition) is 3. The van der Waals surface area contributed by atoms with Gasteiger partial charge in [0, 0.05) is 37.1 Å². The van der Waals surface area contributed by atoms with E-state index in [0.717, 1.165) is 16.8 Å². The number of nitrogens with one attached hydrogen (secondary N) is 2. The first-order valence-electron chi connectivity index (χ1n) is 14.1. The topological polar surface area (TPSA) is 142 Å². The van der Waals surface area contributed by atoms with Crippen LogP contribution in [0.3, 0.4) is 0 Å². The molecule has 2 aliphatic rings. The zero-order valence-electron chi connectivity index (χ0n) is 23.9. The SMILES string of the molecule is CCN1C(=O)c2ccc(Nc3ncc(-c4nc(N5CCOCC5)no4)c(N[C@H](CO)c4ccccc4)n3)cc2C1(C)C. The first-order chi connectivity index (χ1) is 20.4. The van der Waals surface area contributed by atoms with Crippen LogP contribution in [0.5, 0.6) is 0 Å². The summed E-state index contributed by atoms with van der Waals surface area (Å²) >= 11 is 0. The normalized spacial score (nSPS) is 16.8. The van der Waals surface area contributed by atoms with E-state index in [2.05, 4.69) is 25.8 Å². The van der Waals surface area contributed by atoms with Crippen molar-refractivity contribution in [1.82, 2.24) is 25.0 Å². The van der Waals surface area contributed by atoms with E-state index in [1.807, 2.05) is 79.1 Å². The van der Waals surface area contributed by atoms with Crippen LogP contribution in [0.1, 0.15) is 48.3 Å². The van der Waals surface area contributed by atoms with E-state index in [0.29, 0.717) is 61.7 Å². The number of rotatable bonds is 9. The van der Waals surface area contributed by atoms with Gasteiger partial charge in [0.1, 0.15) is 11.4 Å². The van der Waals surface area contributed by atoms with Crippen molar-refractivity contribution in [3.8, 4) is 11.5 Å². The fraction of sp³-hybridized carbons (Fsp3) is 0.367. The second-order valence-corrected chi connectivity index (χ2v) is 10.7. The van der Waals surface area contributed by atoms with Crippen molar-refractivity contribution < 1.29 is 19.2 Å². The summed E-state index contributed by atoms with van der Waals surface area (Å²) in [5.41, 5.74) is 3.36. The lowest BCUT2D eigenvalue weighted by Crippen LogP contribution is -2.38. The number of fused-ring (bicyclic) bond motifs is 1. The summed E-state index contributed by atoms with van der Waals surface area (Å²) in [6.45, 7) is 9.07. The van der Waals surface area contributed by atoms with Crippen molar-refractivity contribution in [3.63, 3.8) is 0 Å². The molecular weight excluding hydrogens is 536 g/mol. The minimum atomic E-state index is -0.443. The first-order valence-corrected chi connectivity index (χ1v) is 14.1. The molecule has 2 aliphatic heterocycles. The van der Waals surface area contributed by atoms with Crippen LogP contribution in [-0.2, 0) is 10.3 Å². The molecule has 4 heterocycles. The molecule has 6 rings (SSSR count). The van der Waals surface area contributed by atoms with E-state index in [-0.39, 0.29) is 18.4 Å². The molecule has 0 aliphatic carbocycles. The Balaban J connectivity index is 1.33. The van der Waals surface area contributed by atoms with Gasteiger partial charge in [-0.3, -0.25) is 4.79 Å². The number of benzene rings is 2. The predicted molar refractivity (Wildman–Crippen MR) is 158 cm³/mol. The molecular formula is C30H34N8O4. The third kappa shape index (κ3) is 5.14. The number of carbonyl (C=O) groups is 1. The van der Waals surface area contributed by atoms with Crippen molar-refractivity contribution in [2.75, 3.05) is 55.0 Å². The zero-order chi connectivity index (χ0) is 29.3. The number of anilines is 4. The van der Waals surface area contributed by atoms with Gasteiger partial charge >= 0.3 is 0 Å². The molecule has 0 unspecified atom stereocenters. The highest BCUT2D eigenvalue weighted by atomic mass is 16.5. The van der Waals surface area contributed by atoms with Gasteiger partial charge in [0.15, 0.2) is 0 Å². The maximum atomic E-state index is 12.9. The fourth-order valence-electron chi connectivity index (χ4n) is 5.54. The monoisotopic (exact) mass is 570 g/mol. The van der Waals surface area contributed by atoms with Crippen LogP contribution in [0, 0.1) is 0 Å². The molecule has 1 saturated heterocycles. The number of carbonyl (C=O) groups excluding carboxylic acids is 1. The summed E-state index contributed by atoms with van der Waals surface area (Å²) in [6, 6.07) is 14.8. The van der Waals surface area contributed by atoms with Crippen molar-refractivity contribution >= 4 is 29.3 Å². The van der Waals surface area contributed by atoms with Crippen LogP contribution >= 0.6 is 0 Å². The number of ether oxygens (including phenoxy) is 1. The molecule has 0 radical (unpaired) electrons. The van der Waals surface area contributed by atoms with Gasteiger partial charge in [0.05, 0.1) is 31.4 Å². The van der Waals surface area contributed by atoms with Gasteiger partial charge in [0.2, 0.25) is 5.95 Å². The molecule has 4 aromatic rings. The summed E-state index contributed by atoms with van der Waals surface area (Å²) in [6.07, 6.45) is 1.62. The van der Waals surface area contributed by atoms with Crippen LogP contribution in [-0.4, -0.2) is 75.5 Å². The average Bonchev–Trinajstić information content (AvgIpc) is 3.57. The Morgan fingerprint density at radius 1 is 1.07 bits per heavy atom. The highest BCUT2D eigenvalue weighted by Gasteiger charge is 2.42. The van der Waals surface area contributed by atoms with Crippen molar-refractivity contribution in [1.29, 1.82) is 0 Å². The smallest absolute Gasteiger partial charge is 0.266 e. The fourth-order valence-corrected chi connectivity index (χ4v) is 5.54. The summed E-state index contributed by atoms with van der Waals surface area (Å²) in [5, 5.41) is 21.1. The molecule has 12 heteroatoms. The largest absolute Gasteiger partial charge is 0.394 e. The third-order valence-corrected chi connectivity index (χ3v) is 7.83. The van der Waals surface area contributed by atoms with E-state index in [1.54, 1.807) is 6.20 Å². The molecule has 1 fully saturated rings. The molecule has 0 bridgehead atoms. The second kappa shape index (κ2) is 11.4. The van der Waals surface area contributed by atoms with Crippen molar-refractivity contribution in [2.45, 2.75) is 32.4 Å². The highest BCUT2D eigenvalue weighted by Crippen LogP contribution is 2.40. The molecule has 42 heavy (non-hydrogen) atoms. The van der Waals surface area contributed by atoms with Crippen molar-refractivity contribution in [2.24, 2.45) is 0 Å². The van der Waals surface area contributed by atoms with Gasteiger partial charge in [0.25, 0.3) is 17.7 Å². The Kier molecular flexibility index (Phi) is 7.48. The molecule has 0 spiro atoms. The second-order valence-electron chi connectivity index (χ2n) is 10.7. The maximum absolute atomic E-state index is 12.9. The minimum Gasteiger partial charge on any atom is -0.394 e. The quantitative estimate of drug-likeness (QED) is 0.269. The van der Waals surface area contributed by atoms with Crippen LogP contribution in [0.15, 0.2) is 59.3 Å². The summed E-state index contributed by atoms with van der Waals surface area (Å²) in [4.78, 5) is 30.7. The van der Waals surface area contributed by atoms with Crippen LogP contribution in [0.2, 0.25) is 0 Å². The Bertz CT molecular complexity index is 1570. The Labute approximate surface area is 243 Å². The third-order valence-electron chi connectivity index (χ3n) is 7.83. The molecule has 1 atom stereocenters. The van der Waals surface area contributed by atoms with E-state index < -0.39 is 11.6 Å². The van der Waals surface area contributed by atoms with Gasteiger partial charge in [-0.2, -0.15) is 9.97 Å². The number of hydrogen-bond acceptors (Lipinski definition) is 11. The predicted octanol–water partition coefficient (Wildman–Crippen LogP) is 3.96. The molecule has 2 aromatic carbocycles. The van der Waals surface area contributed by atoms with Gasteiger partial charge in [-0.05, 0) is 55.3 Å². The standard InChI is InChI=1S/C30H34N8O4/c1-4-38-27(40)21-11-10-20(16-23(21)30(38,2)3)32-28-31-17-22(26-35-29(36-42-26)37-12-14-41-15-13-37)25(34-28)33-24(18-39)19-8-6-5-7-9-19/h5-11,16-17,24,39H,4,12-15,18H2,1-3H3,(H2,31,32,33,34)/t24-/m1/s1. The molecule has 218 valence electrons. The number of nitrogens with zero attached hydrogens (tertiary/aromatic N) is 6. The number of aliphatic hydroxyl groups excluding tert-OH is 1. The van der Waals surface area contributed by atoms with Crippen molar-refractivity contribution in [3.05, 3.63) is 71.4 Å². The number of amides is 1. The highest BCUT2D eigenvalue weighted by molar-refractivity contribution is 6.00. The van der Waals surface area contributed by atoms with Crippen LogP contribution in [0.25, 0.3) is 11.5 Å². The van der Waals surface area contributed by atoms with E-state index in [9.17, 15) is 9.90 Å². The lowest BCUT2D eigenvalue weighted by atomic mass is 9.93. The van der Waals surface area contributed by atoms with E-state index in [1.165, 1.54) is 0 Å². The van der Waals surface area contributed by atoms with Crippen LogP contribution < -0.4 is 15.5 Å². The molecule has 1 amide bonds. The van der Waals surface area contributed by atoms with E-state index >= 15 is 0 Å². The van der Waals surface area contributed by atoms with Gasteiger partial charge in [-0.15, -0.1) is 0 Å². The first kappa shape index (κ1) is 27.6. The average molecular weight is 571 g/mol. The summed E-state index contributed by atoms with van der Waals surface area (Å²) < 4.78 is 11.1. The van der Waals surface area contributed by atoms with Crippen LogP contribution in [0.4, 0.5) is 23.4 Å². The lowest BCUT2D eigenvalue weighted by molar-refractivity contribution is 0.0635. The Morgan fingerprint density at radius 3 is 2.60 bits per heavy atom. The summed E-state index contributed by atoms with van der Waals surface area (Å²) in [5.74, 6) is 1.50. The zero-order valence-corrected chi connectivity index (χ0v) is 23.9. The molecule has 12 nitrogen and oxygen atoms in total. The van der Waals surface area contributed by atoms with Gasteiger partial charge in [-0.25, -0.2) is 4.98 Å².